The Bertz CT molecular complexity index is 791. The van der Waals surface area contributed by atoms with Crippen LogP contribution >= 0.6 is 0 Å². The predicted octanol–water partition coefficient (Wildman–Crippen LogP) is 3.69. The average Bonchev–Trinajstić information content (AvgIpc) is 2.68. The molecule has 0 saturated carbocycles. The van der Waals surface area contributed by atoms with Gasteiger partial charge in [-0.25, -0.2) is 0 Å². The third kappa shape index (κ3) is 4.35. The molecule has 0 spiro atoms. The molecule has 5 nitrogen and oxygen atoms in total. The van der Waals surface area contributed by atoms with Gasteiger partial charge >= 0.3 is 0 Å². The summed E-state index contributed by atoms with van der Waals surface area (Å²) >= 11 is 0. The zero-order chi connectivity index (χ0) is 19.2. The highest BCUT2D eigenvalue weighted by molar-refractivity contribution is 5.83. The Morgan fingerprint density at radius 3 is 2.81 bits per heavy atom. The molecule has 2 aromatic carbocycles. The standard InChI is InChI=1S/C22H29N3O2/c1-3-19(17-9-5-6-13-21(17)27-4-2)24-22(26)15-25-14-8-10-16-18(23)11-7-12-20(16)25/h5-7,9,11-13,19H,3-4,8,10,14-15,23H2,1-2H3,(H,24,26). The molecule has 0 fully saturated rings. The van der Waals surface area contributed by atoms with Gasteiger partial charge in [0, 0.05) is 23.5 Å². The lowest BCUT2D eigenvalue weighted by Crippen LogP contribution is -2.41. The lowest BCUT2D eigenvalue weighted by molar-refractivity contribution is -0.120. The van der Waals surface area contributed by atoms with Crippen LogP contribution < -0.4 is 20.7 Å². The van der Waals surface area contributed by atoms with Gasteiger partial charge in [0.05, 0.1) is 19.2 Å². The lowest BCUT2D eigenvalue weighted by atomic mass is 9.99. The second-order valence-corrected chi connectivity index (χ2v) is 6.87. The van der Waals surface area contributed by atoms with Crippen molar-refractivity contribution in [3.8, 4) is 5.75 Å². The molecule has 144 valence electrons. The van der Waals surface area contributed by atoms with E-state index in [0.717, 1.165) is 54.1 Å². The molecule has 0 radical (unpaired) electrons. The number of nitrogen functional groups attached to an aromatic ring is 1. The minimum Gasteiger partial charge on any atom is -0.494 e. The zero-order valence-electron chi connectivity index (χ0n) is 16.2. The molecule has 1 atom stereocenters. The lowest BCUT2D eigenvalue weighted by Gasteiger charge is -2.32. The van der Waals surface area contributed by atoms with Gasteiger partial charge < -0.3 is 20.7 Å². The van der Waals surface area contributed by atoms with Gasteiger partial charge in [-0.05, 0) is 49.9 Å². The number of ether oxygens (including phenoxy) is 1. The molecule has 27 heavy (non-hydrogen) atoms. The van der Waals surface area contributed by atoms with Crippen molar-refractivity contribution >= 4 is 17.3 Å². The third-order valence-corrected chi connectivity index (χ3v) is 5.06. The van der Waals surface area contributed by atoms with E-state index in [1.807, 2.05) is 43.3 Å². The Morgan fingerprint density at radius 1 is 1.22 bits per heavy atom. The van der Waals surface area contributed by atoms with Gasteiger partial charge in [0.2, 0.25) is 5.91 Å². The largest absolute Gasteiger partial charge is 0.494 e. The van der Waals surface area contributed by atoms with Crippen LogP contribution in [-0.2, 0) is 11.2 Å². The molecule has 3 rings (SSSR count). The first-order chi connectivity index (χ1) is 13.1. The van der Waals surface area contributed by atoms with Crippen molar-refractivity contribution in [2.75, 3.05) is 30.3 Å². The number of fused-ring (bicyclic) bond motifs is 1. The zero-order valence-corrected chi connectivity index (χ0v) is 16.2. The van der Waals surface area contributed by atoms with Gasteiger partial charge in [-0.3, -0.25) is 4.79 Å². The van der Waals surface area contributed by atoms with E-state index in [-0.39, 0.29) is 11.9 Å². The molecule has 1 amide bonds. The van der Waals surface area contributed by atoms with Crippen LogP contribution in [0.4, 0.5) is 11.4 Å². The van der Waals surface area contributed by atoms with E-state index in [1.165, 1.54) is 0 Å². The van der Waals surface area contributed by atoms with Crippen LogP contribution in [0.15, 0.2) is 42.5 Å². The Kier molecular flexibility index (Phi) is 6.22. The molecule has 3 N–H and O–H groups in total. The minimum atomic E-state index is -0.0645. The number of anilines is 2. The molecule has 1 heterocycles. The quantitative estimate of drug-likeness (QED) is 0.733. The molecule has 0 aromatic heterocycles. The highest BCUT2D eigenvalue weighted by Gasteiger charge is 2.22. The van der Waals surface area contributed by atoms with Crippen LogP contribution in [0.1, 0.15) is 43.9 Å². The van der Waals surface area contributed by atoms with E-state index in [2.05, 4.69) is 23.2 Å². The van der Waals surface area contributed by atoms with E-state index < -0.39 is 0 Å². The molecular formula is C22H29N3O2. The molecule has 0 aliphatic carbocycles. The predicted molar refractivity (Wildman–Crippen MR) is 110 cm³/mol. The number of nitrogens with one attached hydrogen (secondary N) is 1. The van der Waals surface area contributed by atoms with E-state index in [9.17, 15) is 4.79 Å². The number of carbonyl (C=O) groups is 1. The first kappa shape index (κ1) is 19.1. The second kappa shape index (κ2) is 8.80. The number of rotatable bonds is 7. The van der Waals surface area contributed by atoms with Crippen LogP contribution in [0.3, 0.4) is 0 Å². The Balaban J connectivity index is 1.72. The molecule has 5 heteroatoms. The Labute approximate surface area is 161 Å². The van der Waals surface area contributed by atoms with Crippen molar-refractivity contribution in [2.24, 2.45) is 0 Å². The number of carbonyl (C=O) groups excluding carboxylic acids is 1. The summed E-state index contributed by atoms with van der Waals surface area (Å²) in [5.41, 5.74) is 10.2. The average molecular weight is 367 g/mol. The normalized spacial score (nSPS) is 14.4. The highest BCUT2D eigenvalue weighted by Crippen LogP contribution is 2.31. The molecule has 0 saturated heterocycles. The molecule has 1 aliphatic heterocycles. The van der Waals surface area contributed by atoms with Crippen molar-refractivity contribution in [3.63, 3.8) is 0 Å². The number of hydrogen-bond donors (Lipinski definition) is 2. The van der Waals surface area contributed by atoms with Crippen molar-refractivity contribution < 1.29 is 9.53 Å². The van der Waals surface area contributed by atoms with Gasteiger partial charge in [0.1, 0.15) is 5.75 Å². The molecule has 1 unspecified atom stereocenters. The summed E-state index contributed by atoms with van der Waals surface area (Å²) in [7, 11) is 0. The monoisotopic (exact) mass is 367 g/mol. The maximum absolute atomic E-state index is 12.8. The summed E-state index contributed by atoms with van der Waals surface area (Å²) in [6.07, 6.45) is 2.79. The van der Waals surface area contributed by atoms with Gasteiger partial charge in [-0.1, -0.05) is 31.2 Å². The number of para-hydroxylation sites is 1. The number of hydrogen-bond acceptors (Lipinski definition) is 4. The topological polar surface area (TPSA) is 67.6 Å². The molecule has 2 aromatic rings. The fraction of sp³-hybridized carbons (Fsp3) is 0.409. The molecular weight excluding hydrogens is 338 g/mol. The van der Waals surface area contributed by atoms with Gasteiger partial charge in [0.25, 0.3) is 0 Å². The third-order valence-electron chi connectivity index (χ3n) is 5.06. The van der Waals surface area contributed by atoms with Crippen molar-refractivity contribution in [3.05, 3.63) is 53.6 Å². The fourth-order valence-electron chi connectivity index (χ4n) is 3.76. The smallest absolute Gasteiger partial charge is 0.240 e. The van der Waals surface area contributed by atoms with Crippen molar-refractivity contribution in [1.82, 2.24) is 5.32 Å². The molecule has 0 bridgehead atoms. The van der Waals surface area contributed by atoms with Crippen LogP contribution in [-0.4, -0.2) is 25.6 Å². The second-order valence-electron chi connectivity index (χ2n) is 6.87. The van der Waals surface area contributed by atoms with Gasteiger partial charge in [-0.15, -0.1) is 0 Å². The summed E-state index contributed by atoms with van der Waals surface area (Å²) in [5, 5.41) is 3.18. The first-order valence-electron chi connectivity index (χ1n) is 9.77. The SMILES string of the molecule is CCOc1ccccc1C(CC)NC(=O)CN1CCCc2c(N)cccc21. The van der Waals surface area contributed by atoms with Crippen LogP contribution in [0.2, 0.25) is 0 Å². The van der Waals surface area contributed by atoms with E-state index in [0.29, 0.717) is 13.2 Å². The number of benzene rings is 2. The fourth-order valence-corrected chi connectivity index (χ4v) is 3.76. The summed E-state index contributed by atoms with van der Waals surface area (Å²) in [6.45, 7) is 5.85. The highest BCUT2D eigenvalue weighted by atomic mass is 16.5. The van der Waals surface area contributed by atoms with E-state index in [4.69, 9.17) is 10.5 Å². The number of nitrogens with two attached hydrogens (primary N) is 1. The summed E-state index contributed by atoms with van der Waals surface area (Å²) < 4.78 is 5.74. The summed E-state index contributed by atoms with van der Waals surface area (Å²) in [4.78, 5) is 14.9. The van der Waals surface area contributed by atoms with Crippen LogP contribution in [0.25, 0.3) is 0 Å². The number of nitrogens with zero attached hydrogens (tertiary/aromatic N) is 1. The van der Waals surface area contributed by atoms with E-state index in [1.54, 1.807) is 0 Å². The van der Waals surface area contributed by atoms with Crippen molar-refractivity contribution in [1.29, 1.82) is 0 Å². The van der Waals surface area contributed by atoms with Crippen LogP contribution in [0.5, 0.6) is 5.75 Å². The van der Waals surface area contributed by atoms with Crippen molar-refractivity contribution in [2.45, 2.75) is 39.2 Å². The molecule has 1 aliphatic rings. The maximum atomic E-state index is 12.8. The Morgan fingerprint density at radius 2 is 2.04 bits per heavy atom. The van der Waals surface area contributed by atoms with Gasteiger partial charge in [-0.2, -0.15) is 0 Å². The number of amides is 1. The van der Waals surface area contributed by atoms with Crippen LogP contribution in [0, 0.1) is 0 Å². The Hall–Kier alpha value is -2.69. The van der Waals surface area contributed by atoms with Gasteiger partial charge in [0.15, 0.2) is 0 Å². The summed E-state index contributed by atoms with van der Waals surface area (Å²) in [6, 6.07) is 13.8. The first-order valence-corrected chi connectivity index (χ1v) is 9.77. The summed E-state index contributed by atoms with van der Waals surface area (Å²) in [5.74, 6) is 0.853. The van der Waals surface area contributed by atoms with E-state index >= 15 is 0 Å². The minimum absolute atomic E-state index is 0.0171. The maximum Gasteiger partial charge on any atom is 0.240 e.